The van der Waals surface area contributed by atoms with Gasteiger partial charge in [0.2, 0.25) is 0 Å². The van der Waals surface area contributed by atoms with Gasteiger partial charge in [-0.25, -0.2) is 4.98 Å². The monoisotopic (exact) mass is 397 g/mol. The number of anilines is 2. The summed E-state index contributed by atoms with van der Waals surface area (Å²) in [5, 5.41) is 17.2. The highest BCUT2D eigenvalue weighted by atomic mass is 19.4. The topological polar surface area (TPSA) is 77.5 Å². The number of aliphatic hydroxyl groups excluding tert-OH is 1. The molecule has 5 heterocycles. The first-order chi connectivity index (χ1) is 13.4. The van der Waals surface area contributed by atoms with Gasteiger partial charge in [-0.2, -0.15) is 18.3 Å². The predicted octanol–water partition coefficient (Wildman–Crippen LogP) is 2.22. The van der Waals surface area contributed by atoms with Gasteiger partial charge in [0.25, 0.3) is 0 Å². The van der Waals surface area contributed by atoms with Gasteiger partial charge in [-0.05, 0) is 19.3 Å². The molecule has 0 aromatic carbocycles. The van der Waals surface area contributed by atoms with Crippen molar-refractivity contribution >= 4 is 22.5 Å². The number of aliphatic hydroxyl groups is 1. The molecular formula is C18H22F3N5O2. The maximum Gasteiger partial charge on any atom is 0.408 e. The number of H-pyrrole nitrogens is 1. The number of alkyl halides is 3. The zero-order valence-electron chi connectivity index (χ0n) is 15.2. The number of morpholine rings is 1. The van der Waals surface area contributed by atoms with E-state index in [1.165, 1.54) is 11.1 Å². The lowest BCUT2D eigenvalue weighted by Gasteiger charge is -2.41. The molecule has 152 valence electrons. The Bertz CT molecular complexity index is 857. The highest BCUT2D eigenvalue weighted by Gasteiger charge is 2.47. The van der Waals surface area contributed by atoms with Crippen LogP contribution in [-0.4, -0.2) is 70.5 Å². The van der Waals surface area contributed by atoms with Gasteiger partial charge in [0.1, 0.15) is 11.9 Å². The summed E-state index contributed by atoms with van der Waals surface area (Å²) in [7, 11) is 0. The lowest BCUT2D eigenvalue weighted by Crippen LogP contribution is -2.52. The lowest BCUT2D eigenvalue weighted by atomic mass is 9.97. The van der Waals surface area contributed by atoms with E-state index in [0.717, 1.165) is 12.8 Å². The van der Waals surface area contributed by atoms with Gasteiger partial charge >= 0.3 is 6.18 Å². The van der Waals surface area contributed by atoms with Gasteiger partial charge in [-0.3, -0.25) is 5.10 Å². The van der Waals surface area contributed by atoms with Crippen molar-refractivity contribution in [3.63, 3.8) is 0 Å². The molecule has 5 rings (SSSR count). The minimum absolute atomic E-state index is 0.130. The molecule has 4 unspecified atom stereocenters. The van der Waals surface area contributed by atoms with Crippen LogP contribution in [0, 0.1) is 0 Å². The molecule has 2 aromatic heterocycles. The Morgan fingerprint density at radius 1 is 1.18 bits per heavy atom. The summed E-state index contributed by atoms with van der Waals surface area (Å²) in [5.74, 6) is 0.662. The van der Waals surface area contributed by atoms with Crippen LogP contribution in [0.4, 0.5) is 24.7 Å². The van der Waals surface area contributed by atoms with Crippen LogP contribution in [0.5, 0.6) is 0 Å². The van der Waals surface area contributed by atoms with Gasteiger partial charge < -0.3 is 19.6 Å². The zero-order chi connectivity index (χ0) is 19.5. The van der Waals surface area contributed by atoms with Crippen molar-refractivity contribution in [1.29, 1.82) is 0 Å². The average Bonchev–Trinajstić information content (AvgIpc) is 3.22. The van der Waals surface area contributed by atoms with E-state index in [9.17, 15) is 18.3 Å². The average molecular weight is 397 g/mol. The van der Waals surface area contributed by atoms with Crippen LogP contribution in [0.15, 0.2) is 12.3 Å². The molecule has 28 heavy (non-hydrogen) atoms. The molecule has 3 saturated heterocycles. The van der Waals surface area contributed by atoms with Crippen LogP contribution >= 0.6 is 0 Å². The Balaban J connectivity index is 1.60. The summed E-state index contributed by atoms with van der Waals surface area (Å²) >= 11 is 0. The van der Waals surface area contributed by atoms with Gasteiger partial charge in [-0.15, -0.1) is 0 Å². The lowest BCUT2D eigenvalue weighted by molar-refractivity contribution is -0.159. The van der Waals surface area contributed by atoms with Crippen LogP contribution < -0.4 is 9.80 Å². The van der Waals surface area contributed by atoms with E-state index in [0.29, 0.717) is 42.2 Å². The van der Waals surface area contributed by atoms with Crippen molar-refractivity contribution in [1.82, 2.24) is 15.2 Å². The molecule has 0 amide bonds. The molecule has 2 N–H and O–H groups in total. The molecule has 0 radical (unpaired) electrons. The van der Waals surface area contributed by atoms with E-state index in [1.54, 1.807) is 6.07 Å². The van der Waals surface area contributed by atoms with E-state index in [2.05, 4.69) is 20.1 Å². The third kappa shape index (κ3) is 2.89. The number of halogens is 3. The minimum atomic E-state index is -4.43. The Morgan fingerprint density at radius 2 is 1.93 bits per heavy atom. The molecule has 3 fully saturated rings. The number of piperidine rings is 1. The van der Waals surface area contributed by atoms with Crippen LogP contribution in [0.25, 0.3) is 11.0 Å². The highest BCUT2D eigenvalue weighted by Crippen LogP contribution is 2.41. The van der Waals surface area contributed by atoms with Crippen molar-refractivity contribution < 1.29 is 23.0 Å². The van der Waals surface area contributed by atoms with E-state index >= 15 is 0 Å². The number of aromatic amines is 1. The van der Waals surface area contributed by atoms with Crippen LogP contribution in [-0.2, 0) is 4.74 Å². The number of hydrogen-bond donors (Lipinski definition) is 2. The summed E-state index contributed by atoms with van der Waals surface area (Å²) in [6.45, 7) is 1.34. The van der Waals surface area contributed by atoms with Crippen molar-refractivity contribution in [2.45, 2.75) is 56.1 Å². The van der Waals surface area contributed by atoms with Crippen LogP contribution in [0.2, 0.25) is 0 Å². The van der Waals surface area contributed by atoms with E-state index in [-0.39, 0.29) is 25.0 Å². The number of ether oxygens (including phenoxy) is 1. The molecule has 10 heteroatoms. The number of hydrogen-bond acceptors (Lipinski definition) is 6. The first-order valence-corrected chi connectivity index (χ1v) is 9.63. The molecule has 2 aromatic rings. The molecule has 4 atom stereocenters. The Hall–Kier alpha value is -2.07. The highest BCUT2D eigenvalue weighted by molar-refractivity contribution is 5.91. The fourth-order valence-corrected chi connectivity index (χ4v) is 4.82. The normalized spacial score (nSPS) is 31.0. The van der Waals surface area contributed by atoms with E-state index in [4.69, 9.17) is 4.74 Å². The molecule has 2 bridgehead atoms. The summed E-state index contributed by atoms with van der Waals surface area (Å²) in [6.07, 6.45) is -1.91. The van der Waals surface area contributed by atoms with Gasteiger partial charge in [0, 0.05) is 19.0 Å². The Kier molecular flexibility index (Phi) is 4.16. The third-order valence-corrected chi connectivity index (χ3v) is 6.15. The predicted molar refractivity (Wildman–Crippen MR) is 96.4 cm³/mol. The number of nitrogens with one attached hydrogen (secondary N) is 1. The quantitative estimate of drug-likeness (QED) is 0.809. The summed E-state index contributed by atoms with van der Waals surface area (Å²) in [5.41, 5.74) is 0.944. The molecule has 7 nitrogen and oxygen atoms in total. The SMILES string of the molecule is OC1CCN(c2cc(N3C4CCC3COC4)nc3[nH]ncc23)C(C(F)(F)F)C1. The number of pyridine rings is 1. The minimum Gasteiger partial charge on any atom is -0.393 e. The van der Waals surface area contributed by atoms with Crippen molar-refractivity contribution in [2.24, 2.45) is 0 Å². The molecular weight excluding hydrogens is 375 g/mol. The van der Waals surface area contributed by atoms with Crippen molar-refractivity contribution in [2.75, 3.05) is 29.6 Å². The van der Waals surface area contributed by atoms with Crippen molar-refractivity contribution in [3.05, 3.63) is 12.3 Å². The number of fused-ring (bicyclic) bond motifs is 3. The summed E-state index contributed by atoms with van der Waals surface area (Å²) in [4.78, 5) is 8.20. The smallest absolute Gasteiger partial charge is 0.393 e. The number of aromatic nitrogens is 3. The Morgan fingerprint density at radius 3 is 2.64 bits per heavy atom. The number of rotatable bonds is 2. The van der Waals surface area contributed by atoms with Crippen LogP contribution in [0.1, 0.15) is 25.7 Å². The first kappa shape index (κ1) is 18.0. The summed E-state index contributed by atoms with van der Waals surface area (Å²) in [6, 6.07) is 0.415. The zero-order valence-corrected chi connectivity index (χ0v) is 15.2. The largest absolute Gasteiger partial charge is 0.408 e. The third-order valence-electron chi connectivity index (χ3n) is 6.15. The molecule has 0 aliphatic carbocycles. The Labute approximate surface area is 159 Å². The van der Waals surface area contributed by atoms with Crippen molar-refractivity contribution in [3.8, 4) is 0 Å². The molecule has 0 spiro atoms. The van der Waals surface area contributed by atoms with Crippen LogP contribution in [0.3, 0.4) is 0 Å². The van der Waals surface area contributed by atoms with Gasteiger partial charge in [0.15, 0.2) is 5.65 Å². The fourth-order valence-electron chi connectivity index (χ4n) is 4.82. The fraction of sp³-hybridized carbons (Fsp3) is 0.667. The standard InChI is InChI=1S/C18H22F3N5O2/c19-18(20,21)15-5-12(27)3-4-25(15)14-6-16(23-17-13(14)7-22-24-17)26-10-1-2-11(26)9-28-8-10/h6-7,10-12,15,27H,1-5,8-9H2,(H,22,23,24). The second kappa shape index (κ2) is 6.48. The maximum absolute atomic E-state index is 13.7. The second-order valence-corrected chi connectivity index (χ2v) is 7.89. The molecule has 3 aliphatic heterocycles. The maximum atomic E-state index is 13.7. The van der Waals surface area contributed by atoms with E-state index in [1.807, 2.05) is 0 Å². The summed E-state index contributed by atoms with van der Waals surface area (Å²) < 4.78 is 46.9. The molecule has 0 saturated carbocycles. The molecule has 3 aliphatic rings. The van der Waals surface area contributed by atoms with Gasteiger partial charge in [-0.1, -0.05) is 0 Å². The van der Waals surface area contributed by atoms with Gasteiger partial charge in [0.05, 0.1) is 48.7 Å². The van der Waals surface area contributed by atoms with E-state index < -0.39 is 18.3 Å². The first-order valence-electron chi connectivity index (χ1n) is 9.63. The number of nitrogens with zero attached hydrogens (tertiary/aromatic N) is 4. The second-order valence-electron chi connectivity index (χ2n) is 7.89.